The van der Waals surface area contributed by atoms with Gasteiger partial charge in [0.2, 0.25) is 0 Å². The molecule has 1 saturated heterocycles. The summed E-state index contributed by atoms with van der Waals surface area (Å²) < 4.78 is 16.9. The van der Waals surface area contributed by atoms with Crippen LogP contribution in [-0.4, -0.2) is 47.1 Å². The Labute approximate surface area is 150 Å². The summed E-state index contributed by atoms with van der Waals surface area (Å²) >= 11 is 0. The maximum Gasteiger partial charge on any atom is 0.457 e. The standard InChI is InChI=1S/C17H32BNO6/c1-15(2,3)23-14(22)19-12(13(20)21)10-8-9-11-18-24-16(4,5)17(6,7)25-18/h12H,8-11H2,1-7H3,(H,19,22)(H,20,21). The number of rotatable bonds is 7. The average molecular weight is 357 g/mol. The minimum Gasteiger partial charge on any atom is -0.480 e. The fourth-order valence-corrected chi connectivity index (χ4v) is 2.45. The number of carbonyl (C=O) groups is 2. The van der Waals surface area contributed by atoms with Crippen molar-refractivity contribution in [2.45, 2.75) is 96.9 Å². The van der Waals surface area contributed by atoms with Gasteiger partial charge >= 0.3 is 19.2 Å². The number of hydrogen-bond acceptors (Lipinski definition) is 5. The highest BCUT2D eigenvalue weighted by Gasteiger charge is 2.50. The number of nitrogens with one attached hydrogen (secondary N) is 1. The van der Waals surface area contributed by atoms with Gasteiger partial charge in [0.1, 0.15) is 11.6 Å². The maximum absolute atomic E-state index is 11.7. The molecular weight excluding hydrogens is 325 g/mol. The molecule has 0 aromatic rings. The molecule has 1 atom stereocenters. The van der Waals surface area contributed by atoms with Gasteiger partial charge in [-0.3, -0.25) is 0 Å². The number of amides is 1. The van der Waals surface area contributed by atoms with Crippen molar-refractivity contribution in [2.24, 2.45) is 0 Å². The fourth-order valence-electron chi connectivity index (χ4n) is 2.45. The Hall–Kier alpha value is -1.28. The minimum atomic E-state index is -1.07. The molecule has 0 spiro atoms. The molecule has 0 aliphatic carbocycles. The summed E-state index contributed by atoms with van der Waals surface area (Å²) in [6.45, 7) is 13.2. The van der Waals surface area contributed by atoms with Gasteiger partial charge in [0, 0.05) is 0 Å². The zero-order valence-corrected chi connectivity index (χ0v) is 16.5. The number of carbonyl (C=O) groups excluding carboxylic acids is 1. The van der Waals surface area contributed by atoms with E-state index in [9.17, 15) is 14.7 Å². The van der Waals surface area contributed by atoms with Crippen molar-refractivity contribution >= 4 is 19.2 Å². The van der Waals surface area contributed by atoms with E-state index in [4.69, 9.17) is 14.0 Å². The molecule has 144 valence electrons. The first-order chi connectivity index (χ1) is 11.2. The van der Waals surface area contributed by atoms with E-state index >= 15 is 0 Å². The summed E-state index contributed by atoms with van der Waals surface area (Å²) in [6, 6.07) is -0.965. The molecule has 1 heterocycles. The van der Waals surface area contributed by atoms with E-state index in [1.165, 1.54) is 0 Å². The quantitative estimate of drug-likeness (QED) is 0.537. The molecule has 0 saturated carbocycles. The van der Waals surface area contributed by atoms with Crippen LogP contribution in [0.2, 0.25) is 6.32 Å². The first-order valence-corrected chi connectivity index (χ1v) is 8.81. The molecule has 25 heavy (non-hydrogen) atoms. The monoisotopic (exact) mass is 357 g/mol. The maximum atomic E-state index is 11.7. The van der Waals surface area contributed by atoms with Gasteiger partial charge < -0.3 is 24.5 Å². The number of alkyl carbamates (subject to hydrolysis) is 1. The largest absolute Gasteiger partial charge is 0.480 e. The first-order valence-electron chi connectivity index (χ1n) is 8.81. The van der Waals surface area contributed by atoms with E-state index in [-0.39, 0.29) is 18.3 Å². The predicted molar refractivity (Wildman–Crippen MR) is 95.5 cm³/mol. The van der Waals surface area contributed by atoms with Crippen LogP contribution in [0.15, 0.2) is 0 Å². The first kappa shape index (κ1) is 21.8. The van der Waals surface area contributed by atoms with Crippen LogP contribution < -0.4 is 5.32 Å². The lowest BCUT2D eigenvalue weighted by Gasteiger charge is -2.32. The topological polar surface area (TPSA) is 94.1 Å². The van der Waals surface area contributed by atoms with Crippen LogP contribution >= 0.6 is 0 Å². The van der Waals surface area contributed by atoms with Gasteiger partial charge in [-0.05, 0) is 61.2 Å². The van der Waals surface area contributed by atoms with Crippen LogP contribution in [0.5, 0.6) is 0 Å². The molecule has 0 aromatic heterocycles. The summed E-state index contributed by atoms with van der Waals surface area (Å²) in [5.41, 5.74) is -1.39. The van der Waals surface area contributed by atoms with Crippen molar-refractivity contribution in [1.82, 2.24) is 5.32 Å². The number of unbranched alkanes of at least 4 members (excludes halogenated alkanes) is 1. The van der Waals surface area contributed by atoms with Crippen molar-refractivity contribution in [1.29, 1.82) is 0 Å². The van der Waals surface area contributed by atoms with E-state index in [1.54, 1.807) is 20.8 Å². The molecule has 0 aromatic carbocycles. The van der Waals surface area contributed by atoms with Crippen LogP contribution in [0, 0.1) is 0 Å². The Morgan fingerprint density at radius 2 is 1.64 bits per heavy atom. The third-order valence-electron chi connectivity index (χ3n) is 4.47. The Morgan fingerprint density at radius 1 is 1.12 bits per heavy atom. The predicted octanol–water partition coefficient (Wildman–Crippen LogP) is 3.23. The Bertz CT molecular complexity index is 470. The molecule has 8 heteroatoms. The molecule has 0 bridgehead atoms. The van der Waals surface area contributed by atoms with E-state index in [0.717, 1.165) is 6.42 Å². The van der Waals surface area contributed by atoms with Gasteiger partial charge in [0.15, 0.2) is 0 Å². The summed E-state index contributed by atoms with van der Waals surface area (Å²) in [4.78, 5) is 23.0. The van der Waals surface area contributed by atoms with E-state index in [0.29, 0.717) is 19.2 Å². The molecule has 1 unspecified atom stereocenters. The Kier molecular flexibility index (Phi) is 6.92. The molecule has 1 aliphatic rings. The normalized spacial score (nSPS) is 20.2. The summed E-state index contributed by atoms with van der Waals surface area (Å²) in [5, 5.41) is 11.7. The zero-order valence-electron chi connectivity index (χ0n) is 16.5. The third-order valence-corrected chi connectivity index (χ3v) is 4.47. The second-order valence-electron chi connectivity index (χ2n) is 8.51. The summed E-state index contributed by atoms with van der Waals surface area (Å²) in [5.74, 6) is -1.07. The molecule has 2 N–H and O–H groups in total. The highest BCUT2D eigenvalue weighted by molar-refractivity contribution is 6.45. The molecule has 1 rings (SSSR count). The lowest BCUT2D eigenvalue weighted by molar-refractivity contribution is -0.139. The Morgan fingerprint density at radius 3 is 2.08 bits per heavy atom. The van der Waals surface area contributed by atoms with Gasteiger partial charge in [-0.15, -0.1) is 0 Å². The lowest BCUT2D eigenvalue weighted by atomic mass is 9.82. The third kappa shape index (κ3) is 6.86. The lowest BCUT2D eigenvalue weighted by Crippen LogP contribution is -2.43. The van der Waals surface area contributed by atoms with E-state index < -0.39 is 23.7 Å². The van der Waals surface area contributed by atoms with Gasteiger partial charge in [-0.25, -0.2) is 9.59 Å². The molecule has 1 amide bonds. The highest BCUT2D eigenvalue weighted by atomic mass is 16.7. The van der Waals surface area contributed by atoms with Gasteiger partial charge in [-0.2, -0.15) is 0 Å². The number of hydrogen-bond donors (Lipinski definition) is 2. The SMILES string of the molecule is CC(C)(C)OC(=O)NC(CCCCB1OC(C)(C)C(C)(C)O1)C(=O)O. The zero-order chi connectivity index (χ0) is 19.5. The fraction of sp³-hybridized carbons (Fsp3) is 0.882. The molecule has 7 nitrogen and oxygen atoms in total. The van der Waals surface area contributed by atoms with Crippen molar-refractivity contribution in [2.75, 3.05) is 0 Å². The number of aliphatic carboxylic acids is 1. The molecule has 0 radical (unpaired) electrons. The minimum absolute atomic E-state index is 0.285. The number of carboxylic acids is 1. The summed E-state index contributed by atoms with van der Waals surface area (Å²) in [6.07, 6.45) is 1.68. The van der Waals surface area contributed by atoms with Crippen molar-refractivity contribution in [3.63, 3.8) is 0 Å². The van der Waals surface area contributed by atoms with Crippen LogP contribution in [0.4, 0.5) is 4.79 Å². The van der Waals surface area contributed by atoms with E-state index in [2.05, 4.69) is 5.32 Å². The van der Waals surface area contributed by atoms with Crippen molar-refractivity contribution in [3.8, 4) is 0 Å². The highest BCUT2D eigenvalue weighted by Crippen LogP contribution is 2.38. The van der Waals surface area contributed by atoms with Crippen molar-refractivity contribution in [3.05, 3.63) is 0 Å². The molecule has 1 aliphatic heterocycles. The second-order valence-corrected chi connectivity index (χ2v) is 8.51. The van der Waals surface area contributed by atoms with Crippen molar-refractivity contribution < 1.29 is 28.7 Å². The van der Waals surface area contributed by atoms with Gasteiger partial charge in [-0.1, -0.05) is 12.8 Å². The molecular formula is C17H32BNO6. The van der Waals surface area contributed by atoms with Crippen LogP contribution in [0.25, 0.3) is 0 Å². The summed E-state index contributed by atoms with van der Waals surface area (Å²) in [7, 11) is -0.285. The smallest absolute Gasteiger partial charge is 0.457 e. The molecule has 1 fully saturated rings. The van der Waals surface area contributed by atoms with Crippen LogP contribution in [0.3, 0.4) is 0 Å². The van der Waals surface area contributed by atoms with Gasteiger partial charge in [0.05, 0.1) is 11.2 Å². The van der Waals surface area contributed by atoms with E-state index in [1.807, 2.05) is 27.7 Å². The average Bonchev–Trinajstić information content (AvgIpc) is 2.58. The number of carboxylic acid groups (broad SMARTS) is 1. The van der Waals surface area contributed by atoms with Crippen LogP contribution in [-0.2, 0) is 18.8 Å². The number of ether oxygens (including phenoxy) is 1. The van der Waals surface area contributed by atoms with Crippen LogP contribution in [0.1, 0.15) is 67.7 Å². The Balaban J connectivity index is 2.37. The van der Waals surface area contributed by atoms with Gasteiger partial charge in [0.25, 0.3) is 0 Å². The second kappa shape index (κ2) is 7.95.